The summed E-state index contributed by atoms with van der Waals surface area (Å²) in [5.41, 5.74) is 7.81. The summed E-state index contributed by atoms with van der Waals surface area (Å²) in [7, 11) is 0. The molecule has 0 fully saturated rings. The summed E-state index contributed by atoms with van der Waals surface area (Å²) in [6.45, 7) is 3.93. The Balaban J connectivity index is 1.76. The Hall–Kier alpha value is -3.42. The molecule has 1 atom stereocenters. The molecule has 2 aromatic heterocycles. The molecule has 0 bridgehead atoms. The number of primary amides is 1. The first kappa shape index (κ1) is 17.0. The lowest BCUT2D eigenvalue weighted by Gasteiger charge is -2.33. The lowest BCUT2D eigenvalue weighted by Crippen LogP contribution is -2.42. The smallest absolute Gasteiger partial charge is 0.326 e. The second-order valence-corrected chi connectivity index (χ2v) is 6.62. The van der Waals surface area contributed by atoms with Crippen molar-refractivity contribution in [3.05, 3.63) is 47.9 Å². The van der Waals surface area contributed by atoms with Gasteiger partial charge in [0.1, 0.15) is 6.33 Å². The van der Waals surface area contributed by atoms with Crippen molar-refractivity contribution in [2.45, 2.75) is 32.9 Å². The zero-order valence-electron chi connectivity index (χ0n) is 15.0. The van der Waals surface area contributed by atoms with Gasteiger partial charge in [0.05, 0.1) is 17.8 Å². The third-order valence-corrected chi connectivity index (χ3v) is 4.85. The second-order valence-electron chi connectivity index (χ2n) is 6.62. The Morgan fingerprint density at radius 1 is 1.26 bits per heavy atom. The molecule has 8 nitrogen and oxygen atoms in total. The highest BCUT2D eigenvalue weighted by Crippen LogP contribution is 2.33. The molecular formula is C19H19N5O3. The highest BCUT2D eigenvalue weighted by molar-refractivity contribution is 5.93. The van der Waals surface area contributed by atoms with Gasteiger partial charge >= 0.3 is 6.03 Å². The van der Waals surface area contributed by atoms with Crippen LogP contribution in [0.4, 0.5) is 4.79 Å². The summed E-state index contributed by atoms with van der Waals surface area (Å²) in [4.78, 5) is 34.1. The molecule has 0 spiro atoms. The van der Waals surface area contributed by atoms with Gasteiger partial charge in [-0.1, -0.05) is 18.2 Å². The van der Waals surface area contributed by atoms with Gasteiger partial charge in [-0.2, -0.15) is 0 Å². The van der Waals surface area contributed by atoms with E-state index in [1.54, 1.807) is 24.0 Å². The summed E-state index contributed by atoms with van der Waals surface area (Å²) in [6.07, 6.45) is 1.97. The van der Waals surface area contributed by atoms with Gasteiger partial charge in [0.25, 0.3) is 0 Å². The van der Waals surface area contributed by atoms with Crippen LogP contribution in [0.15, 0.2) is 36.7 Å². The number of hydrogen-bond donors (Lipinski definition) is 1. The van der Waals surface area contributed by atoms with Gasteiger partial charge in [0, 0.05) is 30.0 Å². The van der Waals surface area contributed by atoms with E-state index in [4.69, 9.17) is 10.5 Å². The minimum atomic E-state index is -0.634. The van der Waals surface area contributed by atoms with E-state index in [9.17, 15) is 9.59 Å². The maximum Gasteiger partial charge on any atom is 0.326 e. The highest BCUT2D eigenvalue weighted by atomic mass is 16.5. The molecule has 1 aliphatic heterocycles. The number of nitrogens with zero attached hydrogens (tertiary/aromatic N) is 4. The van der Waals surface area contributed by atoms with E-state index in [1.807, 2.05) is 25.1 Å². The van der Waals surface area contributed by atoms with E-state index in [0.29, 0.717) is 30.2 Å². The molecule has 0 radical (unpaired) electrons. The van der Waals surface area contributed by atoms with E-state index >= 15 is 0 Å². The molecule has 3 aromatic rings. The van der Waals surface area contributed by atoms with E-state index in [0.717, 1.165) is 16.6 Å². The molecule has 1 aliphatic rings. The summed E-state index contributed by atoms with van der Waals surface area (Å²) in [5, 5.41) is 0.838. The Labute approximate surface area is 155 Å². The fourth-order valence-corrected chi connectivity index (χ4v) is 3.54. The third kappa shape index (κ3) is 2.88. The first-order valence-corrected chi connectivity index (χ1v) is 8.64. The molecular weight excluding hydrogens is 346 g/mol. The molecule has 1 aromatic carbocycles. The first-order chi connectivity index (χ1) is 13.0. The van der Waals surface area contributed by atoms with Crippen LogP contribution in [0.25, 0.3) is 10.9 Å². The summed E-state index contributed by atoms with van der Waals surface area (Å²) in [6, 6.07) is 8.51. The Kier molecular flexibility index (Phi) is 4.02. The van der Waals surface area contributed by atoms with Gasteiger partial charge in [0.15, 0.2) is 0 Å². The van der Waals surface area contributed by atoms with E-state index in [2.05, 4.69) is 9.97 Å². The average molecular weight is 365 g/mol. The topological polar surface area (TPSA) is 103 Å². The van der Waals surface area contributed by atoms with Gasteiger partial charge < -0.3 is 15.4 Å². The second kappa shape index (κ2) is 6.39. The van der Waals surface area contributed by atoms with Crippen LogP contribution in [0.2, 0.25) is 0 Å². The van der Waals surface area contributed by atoms with Crippen LogP contribution < -0.4 is 10.5 Å². The number of aromatic nitrogens is 3. The Bertz CT molecular complexity index is 1060. The standard InChI is InChI=1S/C19H19N5O3/c1-11-7-14-15(9-23(11)12(2)25)21-10-22-18(14)27-17-8-13-5-3-4-6-16(13)24(17)19(20)26/h3-6,8,10-11H,7,9H2,1-2H3,(H2,20,26). The van der Waals surface area contributed by atoms with E-state index in [1.165, 1.54) is 10.9 Å². The van der Waals surface area contributed by atoms with Crippen molar-refractivity contribution < 1.29 is 14.3 Å². The third-order valence-electron chi connectivity index (χ3n) is 4.85. The number of nitrogens with two attached hydrogens (primary N) is 1. The van der Waals surface area contributed by atoms with E-state index in [-0.39, 0.29) is 11.9 Å². The summed E-state index contributed by atoms with van der Waals surface area (Å²) >= 11 is 0. The minimum Gasteiger partial charge on any atom is -0.422 e. The largest absolute Gasteiger partial charge is 0.422 e. The summed E-state index contributed by atoms with van der Waals surface area (Å²) < 4.78 is 7.32. The highest BCUT2D eigenvalue weighted by Gasteiger charge is 2.29. The van der Waals surface area contributed by atoms with Gasteiger partial charge in [-0.3, -0.25) is 4.79 Å². The van der Waals surface area contributed by atoms with Crippen LogP contribution in [0, 0.1) is 0 Å². The van der Waals surface area contributed by atoms with Gasteiger partial charge in [0.2, 0.25) is 17.7 Å². The zero-order valence-corrected chi connectivity index (χ0v) is 15.0. The molecule has 1 unspecified atom stereocenters. The van der Waals surface area contributed by atoms with Crippen molar-refractivity contribution >= 4 is 22.8 Å². The van der Waals surface area contributed by atoms with Crippen molar-refractivity contribution in [1.82, 2.24) is 19.4 Å². The van der Waals surface area contributed by atoms with Crippen LogP contribution in [0.3, 0.4) is 0 Å². The normalized spacial score (nSPS) is 16.2. The molecule has 138 valence electrons. The quantitative estimate of drug-likeness (QED) is 0.751. The minimum absolute atomic E-state index is 0.00286. The average Bonchev–Trinajstić information content (AvgIpc) is 2.99. The number of amides is 2. The predicted molar refractivity (Wildman–Crippen MR) is 98.4 cm³/mol. The molecule has 4 rings (SSSR count). The lowest BCUT2D eigenvalue weighted by atomic mass is 9.99. The maximum atomic E-state index is 12.0. The number of carbonyl (C=O) groups excluding carboxylic acids is 2. The molecule has 3 heterocycles. The number of fused-ring (bicyclic) bond motifs is 2. The number of para-hydroxylation sites is 1. The fourth-order valence-electron chi connectivity index (χ4n) is 3.54. The molecule has 2 amide bonds. The van der Waals surface area contributed by atoms with E-state index < -0.39 is 6.03 Å². The van der Waals surface area contributed by atoms with Crippen LogP contribution in [-0.2, 0) is 17.8 Å². The van der Waals surface area contributed by atoms with Gasteiger partial charge in [-0.15, -0.1) is 0 Å². The number of benzene rings is 1. The molecule has 0 saturated heterocycles. The van der Waals surface area contributed by atoms with Crippen LogP contribution >= 0.6 is 0 Å². The van der Waals surface area contributed by atoms with Crippen molar-refractivity contribution in [3.63, 3.8) is 0 Å². The molecule has 0 aliphatic carbocycles. The van der Waals surface area contributed by atoms with Crippen molar-refractivity contribution in [1.29, 1.82) is 0 Å². The zero-order chi connectivity index (χ0) is 19.1. The molecule has 27 heavy (non-hydrogen) atoms. The number of hydrogen-bond acceptors (Lipinski definition) is 5. The maximum absolute atomic E-state index is 12.0. The van der Waals surface area contributed by atoms with Gasteiger partial charge in [-0.25, -0.2) is 19.3 Å². The molecule has 2 N–H and O–H groups in total. The van der Waals surface area contributed by atoms with Crippen LogP contribution in [0.5, 0.6) is 11.8 Å². The lowest BCUT2D eigenvalue weighted by molar-refractivity contribution is -0.132. The first-order valence-electron chi connectivity index (χ1n) is 8.64. The molecule has 0 saturated carbocycles. The van der Waals surface area contributed by atoms with Crippen LogP contribution in [0.1, 0.15) is 25.1 Å². The molecule has 8 heteroatoms. The fraction of sp³-hybridized carbons (Fsp3) is 0.263. The van der Waals surface area contributed by atoms with Gasteiger partial charge in [-0.05, 0) is 19.4 Å². The van der Waals surface area contributed by atoms with Crippen molar-refractivity contribution in [3.8, 4) is 11.8 Å². The number of carbonyl (C=O) groups is 2. The van der Waals surface area contributed by atoms with Crippen molar-refractivity contribution in [2.24, 2.45) is 5.73 Å². The number of rotatable bonds is 2. The van der Waals surface area contributed by atoms with Crippen LogP contribution in [-0.4, -0.2) is 37.4 Å². The monoisotopic (exact) mass is 365 g/mol. The Morgan fingerprint density at radius 3 is 2.78 bits per heavy atom. The number of ether oxygens (including phenoxy) is 1. The Morgan fingerprint density at radius 2 is 2.04 bits per heavy atom. The van der Waals surface area contributed by atoms with Crippen molar-refractivity contribution in [2.75, 3.05) is 0 Å². The predicted octanol–water partition coefficient (Wildman–Crippen LogP) is 2.44. The summed E-state index contributed by atoms with van der Waals surface area (Å²) in [5.74, 6) is 0.676. The SMILES string of the molecule is CC(=O)N1Cc2ncnc(Oc3cc4ccccc4n3C(N)=O)c2CC1C.